The Balaban J connectivity index is 1.49. The molecule has 0 bridgehead atoms. The Morgan fingerprint density at radius 1 is 0.902 bits per heavy atom. The van der Waals surface area contributed by atoms with Gasteiger partial charge in [0.15, 0.2) is 11.5 Å². The van der Waals surface area contributed by atoms with Crippen LogP contribution in [0.2, 0.25) is 0 Å². The number of carbonyl (C=O) groups is 2. The molecule has 1 aliphatic heterocycles. The van der Waals surface area contributed by atoms with Gasteiger partial charge in [-0.2, -0.15) is 0 Å². The number of nitrogens with zero attached hydrogens (tertiary/aromatic N) is 2. The van der Waals surface area contributed by atoms with Crippen LogP contribution in [0, 0.1) is 0 Å². The molecule has 3 aromatic carbocycles. The molecule has 5 rings (SSSR count). The Morgan fingerprint density at radius 3 is 2.20 bits per heavy atom. The minimum Gasteiger partial charge on any atom is -0.454 e. The summed E-state index contributed by atoms with van der Waals surface area (Å²) in [5.41, 5.74) is 2.02. The molecule has 216 valence electrons. The quantitative estimate of drug-likeness (QED) is 0.371. The first-order valence-corrected chi connectivity index (χ1v) is 15.7. The van der Waals surface area contributed by atoms with E-state index in [1.165, 1.54) is 4.90 Å². The molecule has 1 fully saturated rings. The number of benzene rings is 3. The zero-order chi connectivity index (χ0) is 28.8. The molecule has 3 aromatic rings. The van der Waals surface area contributed by atoms with Gasteiger partial charge in [-0.25, -0.2) is 8.42 Å². The summed E-state index contributed by atoms with van der Waals surface area (Å²) in [5.74, 6) is 0.187. The van der Waals surface area contributed by atoms with E-state index in [4.69, 9.17) is 9.47 Å². The van der Waals surface area contributed by atoms with E-state index >= 15 is 0 Å². The lowest BCUT2D eigenvalue weighted by molar-refractivity contribution is -0.140. The zero-order valence-electron chi connectivity index (χ0n) is 23.1. The molecule has 1 heterocycles. The van der Waals surface area contributed by atoms with Crippen molar-refractivity contribution in [3.05, 3.63) is 90.0 Å². The molecule has 0 radical (unpaired) electrons. The number of amides is 2. The summed E-state index contributed by atoms with van der Waals surface area (Å²) in [6, 6.07) is 22.9. The lowest BCUT2D eigenvalue weighted by Crippen LogP contribution is -2.54. The van der Waals surface area contributed by atoms with E-state index in [0.717, 1.165) is 47.4 Å². The van der Waals surface area contributed by atoms with Gasteiger partial charge in [-0.3, -0.25) is 13.9 Å². The number of ether oxygens (including phenoxy) is 2. The second kappa shape index (κ2) is 12.6. The van der Waals surface area contributed by atoms with Gasteiger partial charge in [0.2, 0.25) is 28.6 Å². The van der Waals surface area contributed by atoms with Crippen LogP contribution in [0.3, 0.4) is 0 Å². The summed E-state index contributed by atoms with van der Waals surface area (Å²) in [5, 5.41) is 3.17. The standard InChI is InChI=1S/C31H35N3O6S/c1-41(37,38)34(26-16-17-28-29(19-26)40-22-39-28)21-30(35)33(20-24-12-6-3-7-13-24)27(18-23-10-4-2-5-11-23)31(36)32-25-14-8-9-15-25/h2-7,10-13,16-17,19,25,27H,8-9,14-15,18,20-22H2,1H3,(H,32,36)/t27-/m1/s1. The number of rotatable bonds is 11. The van der Waals surface area contributed by atoms with Crippen LogP contribution < -0.4 is 19.1 Å². The Hall–Kier alpha value is -4.05. The first-order valence-electron chi connectivity index (χ1n) is 13.8. The minimum absolute atomic E-state index is 0.0404. The summed E-state index contributed by atoms with van der Waals surface area (Å²) in [4.78, 5) is 29.5. The number of anilines is 1. The van der Waals surface area contributed by atoms with Gasteiger partial charge in [0.1, 0.15) is 12.6 Å². The summed E-state index contributed by atoms with van der Waals surface area (Å²) < 4.78 is 37.8. The third-order valence-electron chi connectivity index (χ3n) is 7.49. The molecule has 2 aliphatic rings. The lowest BCUT2D eigenvalue weighted by Gasteiger charge is -2.34. The molecule has 0 saturated heterocycles. The zero-order valence-corrected chi connectivity index (χ0v) is 23.9. The molecule has 1 N–H and O–H groups in total. The van der Waals surface area contributed by atoms with E-state index in [0.29, 0.717) is 17.9 Å². The maximum absolute atomic E-state index is 14.2. The van der Waals surface area contributed by atoms with Gasteiger partial charge in [0.05, 0.1) is 11.9 Å². The molecule has 0 unspecified atom stereocenters. The number of hydrogen-bond donors (Lipinski definition) is 1. The monoisotopic (exact) mass is 577 g/mol. The van der Waals surface area contributed by atoms with Crippen LogP contribution in [-0.2, 0) is 32.6 Å². The van der Waals surface area contributed by atoms with Crippen molar-refractivity contribution in [3.8, 4) is 11.5 Å². The predicted octanol–water partition coefficient (Wildman–Crippen LogP) is 3.88. The highest BCUT2D eigenvalue weighted by molar-refractivity contribution is 7.92. The van der Waals surface area contributed by atoms with Crippen molar-refractivity contribution in [3.63, 3.8) is 0 Å². The van der Waals surface area contributed by atoms with Crippen LogP contribution in [0.1, 0.15) is 36.8 Å². The van der Waals surface area contributed by atoms with Gasteiger partial charge < -0.3 is 19.7 Å². The van der Waals surface area contributed by atoms with Crippen LogP contribution >= 0.6 is 0 Å². The fraction of sp³-hybridized carbons (Fsp3) is 0.355. The van der Waals surface area contributed by atoms with Gasteiger partial charge >= 0.3 is 0 Å². The molecular weight excluding hydrogens is 542 g/mol. The van der Waals surface area contributed by atoms with Crippen molar-refractivity contribution in [1.29, 1.82) is 0 Å². The van der Waals surface area contributed by atoms with Crippen molar-refractivity contribution < 1.29 is 27.5 Å². The second-order valence-corrected chi connectivity index (χ2v) is 12.4. The Morgan fingerprint density at radius 2 is 1.54 bits per heavy atom. The average Bonchev–Trinajstić information content (AvgIpc) is 3.65. The summed E-state index contributed by atoms with van der Waals surface area (Å²) in [7, 11) is -3.87. The number of sulfonamides is 1. The number of hydrogen-bond acceptors (Lipinski definition) is 6. The molecule has 1 aliphatic carbocycles. The number of nitrogens with one attached hydrogen (secondary N) is 1. The third-order valence-corrected chi connectivity index (χ3v) is 8.63. The van der Waals surface area contributed by atoms with Gasteiger partial charge in [0.25, 0.3) is 0 Å². The molecule has 1 saturated carbocycles. The fourth-order valence-corrected chi connectivity index (χ4v) is 6.20. The normalized spacial score (nSPS) is 15.3. The van der Waals surface area contributed by atoms with Gasteiger partial charge in [-0.1, -0.05) is 73.5 Å². The topological polar surface area (TPSA) is 105 Å². The van der Waals surface area contributed by atoms with Gasteiger partial charge in [-0.15, -0.1) is 0 Å². The molecule has 1 atom stereocenters. The van der Waals surface area contributed by atoms with Crippen molar-refractivity contribution in [1.82, 2.24) is 10.2 Å². The van der Waals surface area contributed by atoms with E-state index in [-0.39, 0.29) is 31.0 Å². The van der Waals surface area contributed by atoms with Crippen molar-refractivity contribution in [2.24, 2.45) is 0 Å². The SMILES string of the molecule is CS(=O)(=O)N(CC(=O)N(Cc1ccccc1)[C@H](Cc1ccccc1)C(=O)NC1CCCC1)c1ccc2c(c1)OCO2. The third kappa shape index (κ3) is 7.18. The Labute approximate surface area is 241 Å². The maximum atomic E-state index is 14.2. The molecule has 41 heavy (non-hydrogen) atoms. The lowest BCUT2D eigenvalue weighted by atomic mass is 10.0. The van der Waals surface area contributed by atoms with Crippen LogP contribution in [0.5, 0.6) is 11.5 Å². The van der Waals surface area contributed by atoms with Crippen LogP contribution in [0.15, 0.2) is 78.9 Å². The van der Waals surface area contributed by atoms with Crippen LogP contribution in [0.4, 0.5) is 5.69 Å². The van der Waals surface area contributed by atoms with Crippen molar-refractivity contribution >= 4 is 27.5 Å². The highest BCUT2D eigenvalue weighted by Gasteiger charge is 2.34. The van der Waals surface area contributed by atoms with Crippen molar-refractivity contribution in [2.75, 3.05) is 23.9 Å². The van der Waals surface area contributed by atoms with Crippen LogP contribution in [-0.4, -0.2) is 56.8 Å². The minimum atomic E-state index is -3.87. The van der Waals surface area contributed by atoms with Crippen LogP contribution in [0.25, 0.3) is 0 Å². The first kappa shape index (κ1) is 28.5. The Bertz CT molecular complexity index is 1460. The highest BCUT2D eigenvalue weighted by Crippen LogP contribution is 2.36. The summed E-state index contributed by atoms with van der Waals surface area (Å²) >= 11 is 0. The second-order valence-electron chi connectivity index (χ2n) is 10.5. The highest BCUT2D eigenvalue weighted by atomic mass is 32.2. The molecule has 0 spiro atoms. The Kier molecular flexibility index (Phi) is 8.78. The van der Waals surface area contributed by atoms with E-state index in [9.17, 15) is 18.0 Å². The average molecular weight is 578 g/mol. The van der Waals surface area contributed by atoms with E-state index < -0.39 is 28.5 Å². The summed E-state index contributed by atoms with van der Waals surface area (Å²) in [6.07, 6.45) is 5.27. The van der Waals surface area contributed by atoms with Gasteiger partial charge in [0, 0.05) is 25.1 Å². The first-order chi connectivity index (χ1) is 19.8. The number of fused-ring (bicyclic) bond motifs is 1. The maximum Gasteiger partial charge on any atom is 0.244 e. The molecule has 10 heteroatoms. The van der Waals surface area contributed by atoms with Crippen molar-refractivity contribution in [2.45, 2.75) is 50.7 Å². The summed E-state index contributed by atoms with van der Waals surface area (Å²) in [6.45, 7) is -0.292. The van der Waals surface area contributed by atoms with E-state index in [2.05, 4.69) is 5.32 Å². The molecule has 0 aromatic heterocycles. The molecule has 2 amide bonds. The smallest absolute Gasteiger partial charge is 0.244 e. The fourth-order valence-electron chi connectivity index (χ4n) is 5.36. The van der Waals surface area contributed by atoms with E-state index in [1.54, 1.807) is 18.2 Å². The van der Waals surface area contributed by atoms with E-state index in [1.807, 2.05) is 60.7 Å². The predicted molar refractivity (Wildman–Crippen MR) is 156 cm³/mol. The molecular formula is C31H35N3O6S. The molecule has 9 nitrogen and oxygen atoms in total. The van der Waals surface area contributed by atoms with Gasteiger partial charge in [-0.05, 0) is 36.1 Å². The number of carbonyl (C=O) groups excluding carboxylic acids is 2. The largest absolute Gasteiger partial charge is 0.454 e.